The van der Waals surface area contributed by atoms with E-state index in [1.165, 1.54) is 11.6 Å². The molecule has 1 saturated heterocycles. The predicted octanol–water partition coefficient (Wildman–Crippen LogP) is 2.76. The first-order valence-electron chi connectivity index (χ1n) is 10.3. The fourth-order valence-corrected chi connectivity index (χ4v) is 5.06. The van der Waals surface area contributed by atoms with Crippen molar-refractivity contribution in [2.24, 2.45) is 4.40 Å². The topological polar surface area (TPSA) is 90.9 Å². The molecule has 0 unspecified atom stereocenters. The van der Waals surface area contributed by atoms with E-state index in [9.17, 15) is 13.2 Å². The van der Waals surface area contributed by atoms with Crippen LogP contribution in [0.15, 0.2) is 63.9 Å². The zero-order valence-corrected chi connectivity index (χ0v) is 17.6. The third kappa shape index (κ3) is 5.06. The van der Waals surface area contributed by atoms with Crippen LogP contribution in [0.5, 0.6) is 0 Å². The number of amidine groups is 1. The summed E-state index contributed by atoms with van der Waals surface area (Å²) in [6.45, 7) is 2.83. The van der Waals surface area contributed by atoms with E-state index in [0.29, 0.717) is 11.5 Å². The van der Waals surface area contributed by atoms with E-state index < -0.39 is 10.0 Å². The van der Waals surface area contributed by atoms with Crippen molar-refractivity contribution in [2.45, 2.75) is 43.2 Å². The molecule has 2 aliphatic heterocycles. The van der Waals surface area contributed by atoms with E-state index in [4.69, 9.17) is 0 Å². The number of anilines is 1. The Bertz CT molecular complexity index is 1030. The normalized spacial score (nSPS) is 18.7. The molecule has 0 atom stereocenters. The number of rotatable bonds is 6. The number of sulfonamides is 1. The Morgan fingerprint density at radius 1 is 1.07 bits per heavy atom. The number of para-hydroxylation sites is 1. The number of carbonyl (C=O) groups is 1. The molecule has 0 radical (unpaired) electrons. The average Bonchev–Trinajstić information content (AvgIpc) is 2.74. The molecule has 2 aromatic rings. The summed E-state index contributed by atoms with van der Waals surface area (Å²) in [5.41, 5.74) is 1.81. The van der Waals surface area contributed by atoms with Crippen LogP contribution >= 0.6 is 0 Å². The minimum Gasteiger partial charge on any atom is -0.353 e. The van der Waals surface area contributed by atoms with Gasteiger partial charge in [-0.3, -0.25) is 9.69 Å². The van der Waals surface area contributed by atoms with E-state index in [1.54, 1.807) is 18.2 Å². The molecule has 158 valence electrons. The van der Waals surface area contributed by atoms with E-state index in [1.807, 2.05) is 6.07 Å². The Balaban J connectivity index is 1.23. The van der Waals surface area contributed by atoms with Crippen LogP contribution in [0.25, 0.3) is 0 Å². The van der Waals surface area contributed by atoms with Gasteiger partial charge < -0.3 is 10.6 Å². The molecule has 0 bridgehead atoms. The Kier molecular flexibility index (Phi) is 6.15. The van der Waals surface area contributed by atoms with Gasteiger partial charge in [-0.05, 0) is 30.5 Å². The number of nitrogens with one attached hydrogen (secondary N) is 2. The van der Waals surface area contributed by atoms with Crippen LogP contribution in [0, 0.1) is 0 Å². The van der Waals surface area contributed by atoms with Crippen LogP contribution in [0.2, 0.25) is 0 Å². The first kappa shape index (κ1) is 20.6. The van der Waals surface area contributed by atoms with E-state index >= 15 is 0 Å². The van der Waals surface area contributed by atoms with E-state index in [0.717, 1.165) is 32.5 Å². The lowest BCUT2D eigenvalue weighted by Gasteiger charge is -2.32. The van der Waals surface area contributed by atoms with Crippen molar-refractivity contribution in [3.05, 3.63) is 60.2 Å². The lowest BCUT2D eigenvalue weighted by Crippen LogP contribution is -2.44. The van der Waals surface area contributed by atoms with E-state index in [-0.39, 0.29) is 29.7 Å². The van der Waals surface area contributed by atoms with Crippen molar-refractivity contribution in [3.8, 4) is 0 Å². The number of amides is 1. The molecule has 0 saturated carbocycles. The van der Waals surface area contributed by atoms with Crippen molar-refractivity contribution in [3.63, 3.8) is 0 Å². The summed E-state index contributed by atoms with van der Waals surface area (Å²) >= 11 is 0. The van der Waals surface area contributed by atoms with E-state index in [2.05, 4.69) is 44.2 Å². The molecule has 4 rings (SSSR count). The minimum absolute atomic E-state index is 0.0720. The monoisotopic (exact) mass is 426 g/mol. The van der Waals surface area contributed by atoms with Crippen molar-refractivity contribution in [1.29, 1.82) is 0 Å². The lowest BCUT2D eigenvalue weighted by atomic mass is 10.0. The maximum absolute atomic E-state index is 12.4. The molecule has 2 N–H and O–H groups in total. The van der Waals surface area contributed by atoms with Gasteiger partial charge in [-0.2, -0.15) is 8.42 Å². The highest BCUT2D eigenvalue weighted by Crippen LogP contribution is 2.27. The highest BCUT2D eigenvalue weighted by molar-refractivity contribution is 7.90. The Hall–Kier alpha value is -2.71. The smallest absolute Gasteiger partial charge is 0.286 e. The minimum atomic E-state index is -3.71. The van der Waals surface area contributed by atoms with Crippen molar-refractivity contribution in [2.75, 3.05) is 18.4 Å². The highest BCUT2D eigenvalue weighted by atomic mass is 32.2. The standard InChI is InChI=1S/C22H26N4O3S/c27-22(11-10-21-24-19-8-4-5-9-20(19)30(28,29)25-21)23-18-12-14-26(15-13-18)16-17-6-2-1-3-7-17/h1-9,18H,10-16H2,(H,23,27)(H,24,25). The Morgan fingerprint density at radius 2 is 1.77 bits per heavy atom. The number of fused-ring (bicyclic) bond motifs is 1. The molecule has 1 fully saturated rings. The first-order valence-corrected chi connectivity index (χ1v) is 11.7. The third-order valence-corrected chi connectivity index (χ3v) is 6.84. The number of piperidine rings is 1. The lowest BCUT2D eigenvalue weighted by molar-refractivity contribution is -0.122. The second-order valence-corrected chi connectivity index (χ2v) is 9.31. The molecular formula is C22H26N4O3S. The van der Waals surface area contributed by atoms with Gasteiger partial charge in [-0.15, -0.1) is 4.40 Å². The third-order valence-electron chi connectivity index (χ3n) is 5.46. The van der Waals surface area contributed by atoms with Crippen LogP contribution in [-0.2, 0) is 21.4 Å². The number of hydrogen-bond acceptors (Lipinski definition) is 5. The number of benzene rings is 2. The molecule has 8 heteroatoms. The maximum atomic E-state index is 12.4. The molecule has 1 amide bonds. The number of hydrogen-bond donors (Lipinski definition) is 2. The SMILES string of the molecule is O=C(CCC1=NS(=O)(=O)c2ccccc2N1)NC1CCN(Cc2ccccc2)CC1. The number of carbonyl (C=O) groups excluding carboxylic acids is 1. The molecule has 2 aromatic carbocycles. The fourth-order valence-electron chi connectivity index (χ4n) is 3.88. The molecule has 0 spiro atoms. The second-order valence-electron chi connectivity index (χ2n) is 7.74. The highest BCUT2D eigenvalue weighted by Gasteiger charge is 2.25. The van der Waals surface area contributed by atoms with Crippen LogP contribution in [0.4, 0.5) is 5.69 Å². The van der Waals surface area contributed by atoms with Gasteiger partial charge in [-0.25, -0.2) is 0 Å². The zero-order chi connectivity index (χ0) is 21.0. The molecule has 2 aliphatic rings. The van der Waals surface area contributed by atoms with Crippen molar-refractivity contribution in [1.82, 2.24) is 10.2 Å². The quantitative estimate of drug-likeness (QED) is 0.741. The summed E-state index contributed by atoms with van der Waals surface area (Å²) in [7, 11) is -3.71. The Morgan fingerprint density at radius 3 is 2.53 bits per heavy atom. The fraction of sp³-hybridized carbons (Fsp3) is 0.364. The molecular weight excluding hydrogens is 400 g/mol. The average molecular weight is 427 g/mol. The predicted molar refractivity (Wildman–Crippen MR) is 117 cm³/mol. The number of nitrogens with zero attached hydrogens (tertiary/aromatic N) is 2. The largest absolute Gasteiger partial charge is 0.353 e. The second kappa shape index (κ2) is 8.97. The van der Waals surface area contributed by atoms with Gasteiger partial charge in [0.15, 0.2) is 0 Å². The van der Waals surface area contributed by atoms with Crippen molar-refractivity contribution >= 4 is 27.5 Å². The molecule has 0 aromatic heterocycles. The summed E-state index contributed by atoms with van der Waals surface area (Å²) in [4.78, 5) is 14.9. The van der Waals surface area contributed by atoms with Gasteiger partial charge in [0.05, 0.1) is 5.69 Å². The van der Waals surface area contributed by atoms with Gasteiger partial charge >= 0.3 is 0 Å². The van der Waals surface area contributed by atoms with Crippen LogP contribution in [0.1, 0.15) is 31.2 Å². The summed E-state index contributed by atoms with van der Waals surface area (Å²) in [6, 6.07) is 17.2. The molecule has 0 aliphatic carbocycles. The summed E-state index contributed by atoms with van der Waals surface area (Å²) in [5, 5.41) is 6.11. The van der Waals surface area contributed by atoms with Gasteiger partial charge in [0.1, 0.15) is 10.7 Å². The first-order chi connectivity index (χ1) is 14.5. The maximum Gasteiger partial charge on any atom is 0.286 e. The van der Waals surface area contributed by atoms with Crippen LogP contribution in [-0.4, -0.2) is 44.2 Å². The number of likely N-dealkylation sites (tertiary alicyclic amines) is 1. The Labute approximate surface area is 177 Å². The van der Waals surface area contributed by atoms with Crippen LogP contribution in [0.3, 0.4) is 0 Å². The summed E-state index contributed by atoms with van der Waals surface area (Å²) in [6.07, 6.45) is 2.29. The summed E-state index contributed by atoms with van der Waals surface area (Å²) in [5.74, 6) is 0.235. The van der Waals surface area contributed by atoms with Gasteiger partial charge in [0.2, 0.25) is 5.91 Å². The van der Waals surface area contributed by atoms with Crippen LogP contribution < -0.4 is 10.6 Å². The van der Waals surface area contributed by atoms with Gasteiger partial charge in [-0.1, -0.05) is 42.5 Å². The summed E-state index contributed by atoms with van der Waals surface area (Å²) < 4.78 is 28.4. The zero-order valence-electron chi connectivity index (χ0n) is 16.8. The van der Waals surface area contributed by atoms with Gasteiger partial charge in [0.25, 0.3) is 10.0 Å². The van der Waals surface area contributed by atoms with Crippen molar-refractivity contribution < 1.29 is 13.2 Å². The van der Waals surface area contributed by atoms with Gasteiger partial charge in [0, 0.05) is 38.5 Å². The molecule has 7 nitrogen and oxygen atoms in total. The molecule has 2 heterocycles. The molecule has 30 heavy (non-hydrogen) atoms.